The molecule has 2 aromatic rings. The third-order valence-corrected chi connectivity index (χ3v) is 3.26. The molecule has 0 N–H and O–H groups in total. The van der Waals surface area contributed by atoms with Crippen molar-refractivity contribution < 1.29 is 9.18 Å². The summed E-state index contributed by atoms with van der Waals surface area (Å²) < 4.78 is 13.4. The van der Waals surface area contributed by atoms with Crippen molar-refractivity contribution in [3.8, 4) is 11.1 Å². The first-order valence-corrected chi connectivity index (χ1v) is 6.08. The van der Waals surface area contributed by atoms with Gasteiger partial charge in [0.2, 0.25) is 0 Å². The smallest absolute Gasteiger partial charge is 0.255 e. The van der Waals surface area contributed by atoms with E-state index in [2.05, 4.69) is 0 Å². The number of halogens is 4. The summed E-state index contributed by atoms with van der Waals surface area (Å²) in [5.41, 5.74) is 0.876. The molecule has 0 amide bonds. The lowest BCUT2D eigenvalue weighted by Gasteiger charge is -2.08. The number of benzene rings is 2. The predicted octanol–water partition coefficient (Wildman–Crippen LogP) is 5.18. The number of carbonyl (C=O) groups is 1. The van der Waals surface area contributed by atoms with Crippen molar-refractivity contribution >= 4 is 40.0 Å². The van der Waals surface area contributed by atoms with E-state index in [1.54, 1.807) is 18.2 Å². The Labute approximate surface area is 118 Å². The second-order valence-corrected chi connectivity index (χ2v) is 4.72. The second kappa shape index (κ2) is 5.27. The van der Waals surface area contributed by atoms with Gasteiger partial charge >= 0.3 is 0 Å². The second-order valence-electron chi connectivity index (χ2n) is 3.56. The van der Waals surface area contributed by atoms with Crippen LogP contribution in [0.5, 0.6) is 0 Å². The Morgan fingerprint density at radius 1 is 1.06 bits per heavy atom. The Kier molecular flexibility index (Phi) is 3.91. The molecule has 0 aliphatic heterocycles. The Balaban J connectivity index is 2.65. The van der Waals surface area contributed by atoms with E-state index in [9.17, 15) is 9.18 Å². The highest BCUT2D eigenvalue weighted by Gasteiger charge is 2.14. The molecule has 5 heteroatoms. The molecule has 18 heavy (non-hydrogen) atoms. The minimum atomic E-state index is -0.863. The van der Waals surface area contributed by atoms with Gasteiger partial charge in [0.15, 0.2) is 0 Å². The van der Waals surface area contributed by atoms with Gasteiger partial charge in [-0.25, -0.2) is 4.39 Å². The minimum Gasteiger partial charge on any atom is -0.275 e. The lowest BCUT2D eigenvalue weighted by atomic mass is 10.0. The molecule has 0 bridgehead atoms. The number of hydrogen-bond donors (Lipinski definition) is 0. The van der Waals surface area contributed by atoms with Crippen molar-refractivity contribution in [1.82, 2.24) is 0 Å². The van der Waals surface area contributed by atoms with E-state index in [1.165, 1.54) is 12.1 Å². The topological polar surface area (TPSA) is 17.1 Å². The van der Waals surface area contributed by atoms with Crippen LogP contribution in [0.3, 0.4) is 0 Å². The van der Waals surface area contributed by atoms with Crippen LogP contribution in [-0.4, -0.2) is 5.24 Å². The van der Waals surface area contributed by atoms with Crippen LogP contribution in [0.25, 0.3) is 11.1 Å². The molecule has 0 heterocycles. The van der Waals surface area contributed by atoms with Gasteiger partial charge in [0, 0.05) is 15.6 Å². The van der Waals surface area contributed by atoms with E-state index in [1.807, 2.05) is 0 Å². The molecular formula is C13H6Cl3FO. The third kappa shape index (κ3) is 2.51. The molecule has 0 aliphatic carbocycles. The number of rotatable bonds is 2. The van der Waals surface area contributed by atoms with Gasteiger partial charge in [-0.3, -0.25) is 4.79 Å². The van der Waals surface area contributed by atoms with Crippen LogP contribution in [0.15, 0.2) is 36.4 Å². The fourth-order valence-corrected chi connectivity index (χ4v) is 2.37. The predicted molar refractivity (Wildman–Crippen MR) is 72.0 cm³/mol. The van der Waals surface area contributed by atoms with Crippen molar-refractivity contribution in [2.75, 3.05) is 0 Å². The summed E-state index contributed by atoms with van der Waals surface area (Å²) in [6.45, 7) is 0. The molecule has 1 nitrogen and oxygen atoms in total. The van der Waals surface area contributed by atoms with Crippen LogP contribution < -0.4 is 0 Å². The fourth-order valence-electron chi connectivity index (χ4n) is 1.61. The molecule has 0 aliphatic rings. The first-order chi connectivity index (χ1) is 8.50. The molecule has 0 atom stereocenters. The quantitative estimate of drug-likeness (QED) is 0.699. The van der Waals surface area contributed by atoms with Crippen LogP contribution in [0.4, 0.5) is 4.39 Å². The minimum absolute atomic E-state index is 0.204. The first-order valence-electron chi connectivity index (χ1n) is 4.94. The molecular weight excluding hydrogens is 297 g/mol. The fraction of sp³-hybridized carbons (Fsp3) is 0. The Morgan fingerprint density at radius 2 is 1.67 bits per heavy atom. The van der Waals surface area contributed by atoms with Crippen LogP contribution in [0.1, 0.15) is 10.4 Å². The van der Waals surface area contributed by atoms with Crippen LogP contribution >= 0.6 is 34.8 Å². The molecule has 92 valence electrons. The maximum Gasteiger partial charge on any atom is 0.255 e. The molecule has 0 saturated heterocycles. The first kappa shape index (κ1) is 13.3. The zero-order valence-electron chi connectivity index (χ0n) is 8.88. The monoisotopic (exact) mass is 302 g/mol. The maximum absolute atomic E-state index is 13.4. The van der Waals surface area contributed by atoms with Crippen molar-refractivity contribution in [3.63, 3.8) is 0 Å². The average Bonchev–Trinajstić information content (AvgIpc) is 2.30. The zero-order chi connectivity index (χ0) is 13.3. The highest BCUT2D eigenvalue weighted by Crippen LogP contribution is 2.35. The van der Waals surface area contributed by atoms with Crippen LogP contribution in [0, 0.1) is 5.82 Å². The van der Waals surface area contributed by atoms with Gasteiger partial charge in [0.05, 0.1) is 5.56 Å². The van der Waals surface area contributed by atoms with Gasteiger partial charge in [-0.05, 0) is 41.4 Å². The van der Waals surface area contributed by atoms with Crippen molar-refractivity contribution in [3.05, 3.63) is 57.8 Å². The molecule has 0 fully saturated rings. The average molecular weight is 304 g/mol. The lowest BCUT2D eigenvalue weighted by molar-refractivity contribution is 0.107. The van der Waals surface area contributed by atoms with E-state index < -0.39 is 11.1 Å². The summed E-state index contributed by atoms with van der Waals surface area (Å²) in [5.74, 6) is -0.679. The third-order valence-electron chi connectivity index (χ3n) is 2.43. The summed E-state index contributed by atoms with van der Waals surface area (Å²) in [6, 6.07) is 9.00. The molecule has 0 saturated carbocycles. The van der Waals surface area contributed by atoms with Gasteiger partial charge in [-0.1, -0.05) is 35.3 Å². The van der Waals surface area contributed by atoms with Gasteiger partial charge in [0.25, 0.3) is 5.24 Å². The van der Waals surface area contributed by atoms with Crippen molar-refractivity contribution in [2.45, 2.75) is 0 Å². The van der Waals surface area contributed by atoms with Crippen molar-refractivity contribution in [2.24, 2.45) is 0 Å². The maximum atomic E-state index is 13.4. The van der Waals surface area contributed by atoms with Gasteiger partial charge in [-0.2, -0.15) is 0 Å². The number of carbonyl (C=O) groups excluding carboxylic acids is 1. The van der Waals surface area contributed by atoms with Crippen molar-refractivity contribution in [1.29, 1.82) is 0 Å². The summed E-state index contributed by atoms with van der Waals surface area (Å²) in [4.78, 5) is 11.1. The van der Waals surface area contributed by atoms with E-state index in [0.717, 1.165) is 6.07 Å². The Morgan fingerprint density at radius 3 is 2.22 bits per heavy atom. The van der Waals surface area contributed by atoms with Crippen LogP contribution in [0.2, 0.25) is 10.0 Å². The Bertz CT molecular complexity index is 605. The highest BCUT2D eigenvalue weighted by atomic mass is 35.5. The summed E-state index contributed by atoms with van der Waals surface area (Å²) in [7, 11) is 0. The van der Waals surface area contributed by atoms with E-state index in [-0.39, 0.29) is 5.56 Å². The van der Waals surface area contributed by atoms with E-state index in [4.69, 9.17) is 34.8 Å². The molecule has 0 spiro atoms. The standard InChI is InChI=1S/C13H6Cl3FO/c14-9-2-1-3-10(15)12(9)7-4-5-11(17)8(6-7)13(16)18/h1-6H. The molecule has 0 aromatic heterocycles. The largest absolute Gasteiger partial charge is 0.275 e. The SMILES string of the molecule is O=C(Cl)c1cc(-c2c(Cl)cccc2Cl)ccc1F. The van der Waals surface area contributed by atoms with E-state index in [0.29, 0.717) is 21.2 Å². The van der Waals surface area contributed by atoms with Crippen LogP contribution in [-0.2, 0) is 0 Å². The van der Waals surface area contributed by atoms with E-state index >= 15 is 0 Å². The Hall–Kier alpha value is -1.09. The summed E-state index contributed by atoms with van der Waals surface area (Å²) in [6.07, 6.45) is 0. The highest BCUT2D eigenvalue weighted by molar-refractivity contribution is 6.67. The molecule has 0 radical (unpaired) electrons. The summed E-state index contributed by atoms with van der Waals surface area (Å²) in [5, 5.41) is -0.0262. The van der Waals surface area contributed by atoms with Gasteiger partial charge in [0.1, 0.15) is 5.82 Å². The van der Waals surface area contributed by atoms with Gasteiger partial charge in [-0.15, -0.1) is 0 Å². The zero-order valence-corrected chi connectivity index (χ0v) is 11.2. The normalized spacial score (nSPS) is 10.4. The van der Waals surface area contributed by atoms with Gasteiger partial charge < -0.3 is 0 Å². The lowest BCUT2D eigenvalue weighted by Crippen LogP contribution is -1.95. The molecule has 2 rings (SSSR count). The number of hydrogen-bond acceptors (Lipinski definition) is 1. The molecule has 2 aromatic carbocycles. The molecule has 0 unspecified atom stereocenters. The summed E-state index contributed by atoms with van der Waals surface area (Å²) >= 11 is 17.4.